The topological polar surface area (TPSA) is 75.9 Å². The molecule has 0 bridgehead atoms. The second kappa shape index (κ2) is 6.95. The average Bonchev–Trinajstić information content (AvgIpc) is 2.69. The molecule has 27 heavy (non-hydrogen) atoms. The van der Waals surface area contributed by atoms with Gasteiger partial charge in [0.05, 0.1) is 18.8 Å². The summed E-state index contributed by atoms with van der Waals surface area (Å²) in [7, 11) is 0. The van der Waals surface area contributed by atoms with Gasteiger partial charge in [-0.05, 0) is 43.5 Å². The molecule has 0 saturated heterocycles. The van der Waals surface area contributed by atoms with Crippen molar-refractivity contribution in [2.45, 2.75) is 31.9 Å². The Morgan fingerprint density at radius 3 is 2.59 bits per heavy atom. The van der Waals surface area contributed by atoms with Gasteiger partial charge in [0.15, 0.2) is 6.10 Å². The van der Waals surface area contributed by atoms with E-state index in [0.29, 0.717) is 11.4 Å². The van der Waals surface area contributed by atoms with Crippen molar-refractivity contribution in [3.05, 3.63) is 54.1 Å². The summed E-state index contributed by atoms with van der Waals surface area (Å²) < 4.78 is 5.66. The van der Waals surface area contributed by atoms with E-state index in [1.165, 1.54) is 5.56 Å². The van der Waals surface area contributed by atoms with Crippen molar-refractivity contribution in [2.24, 2.45) is 5.73 Å². The molecule has 2 N–H and O–H groups in total. The first kappa shape index (κ1) is 17.4. The predicted octanol–water partition coefficient (Wildman–Crippen LogP) is 2.11. The number of rotatable bonds is 3. The third kappa shape index (κ3) is 3.23. The minimum atomic E-state index is -0.838. The van der Waals surface area contributed by atoms with E-state index in [-0.39, 0.29) is 25.0 Å². The van der Waals surface area contributed by atoms with Crippen molar-refractivity contribution in [3.8, 4) is 5.75 Å². The van der Waals surface area contributed by atoms with E-state index in [9.17, 15) is 9.59 Å². The largest absolute Gasteiger partial charge is 0.477 e. The number of nitrogens with zero attached hydrogens (tertiary/aromatic N) is 2. The summed E-state index contributed by atoms with van der Waals surface area (Å²) >= 11 is 0. The SMILES string of the molecule is CC1CCc2ccccc2N1CC(=O)N1CC(C(N)=O)Oc2ccccc21. The highest BCUT2D eigenvalue weighted by atomic mass is 16.5. The minimum absolute atomic E-state index is 0.0689. The van der Waals surface area contributed by atoms with Crippen LogP contribution in [-0.2, 0) is 16.0 Å². The van der Waals surface area contributed by atoms with Gasteiger partial charge in [-0.15, -0.1) is 0 Å². The molecule has 2 aliphatic heterocycles. The van der Waals surface area contributed by atoms with Crippen LogP contribution in [0.25, 0.3) is 0 Å². The van der Waals surface area contributed by atoms with Gasteiger partial charge in [0.2, 0.25) is 5.91 Å². The van der Waals surface area contributed by atoms with Gasteiger partial charge in [-0.25, -0.2) is 0 Å². The van der Waals surface area contributed by atoms with Crippen LogP contribution >= 0.6 is 0 Å². The molecule has 2 aromatic carbocycles. The van der Waals surface area contributed by atoms with Crippen LogP contribution in [0.3, 0.4) is 0 Å². The molecule has 0 radical (unpaired) electrons. The van der Waals surface area contributed by atoms with Gasteiger partial charge in [-0.3, -0.25) is 9.59 Å². The lowest BCUT2D eigenvalue weighted by molar-refractivity contribution is -0.125. The van der Waals surface area contributed by atoms with Crippen LogP contribution in [0, 0.1) is 0 Å². The maximum atomic E-state index is 13.2. The fourth-order valence-electron chi connectivity index (χ4n) is 3.85. The normalized spacial score (nSPS) is 21.1. The third-order valence-corrected chi connectivity index (χ3v) is 5.36. The number of carbonyl (C=O) groups is 2. The van der Waals surface area contributed by atoms with Crippen LogP contribution in [0.5, 0.6) is 5.75 Å². The standard InChI is InChI=1S/C21H23N3O3/c1-14-10-11-15-6-2-3-7-16(15)23(14)13-20(25)24-12-19(21(22)26)27-18-9-5-4-8-17(18)24/h2-9,14,19H,10-13H2,1H3,(H2,22,26). The second-order valence-corrected chi connectivity index (χ2v) is 7.13. The Hall–Kier alpha value is -3.02. The van der Waals surface area contributed by atoms with E-state index in [0.717, 1.165) is 18.5 Å². The van der Waals surface area contributed by atoms with Gasteiger partial charge < -0.3 is 20.3 Å². The molecule has 0 aliphatic carbocycles. The summed E-state index contributed by atoms with van der Waals surface area (Å²) in [5.74, 6) is -0.132. The highest BCUT2D eigenvalue weighted by molar-refractivity contribution is 5.99. The van der Waals surface area contributed by atoms with E-state index in [4.69, 9.17) is 10.5 Å². The molecule has 2 unspecified atom stereocenters. The van der Waals surface area contributed by atoms with E-state index in [1.54, 1.807) is 11.0 Å². The van der Waals surface area contributed by atoms with Gasteiger partial charge in [0, 0.05) is 11.7 Å². The number of fused-ring (bicyclic) bond motifs is 2. The van der Waals surface area contributed by atoms with Crippen LogP contribution < -0.4 is 20.3 Å². The van der Waals surface area contributed by atoms with Gasteiger partial charge in [-0.2, -0.15) is 0 Å². The number of carbonyl (C=O) groups excluding carboxylic acids is 2. The Morgan fingerprint density at radius 1 is 1.11 bits per heavy atom. The molecule has 6 nitrogen and oxygen atoms in total. The number of hydrogen-bond acceptors (Lipinski definition) is 4. The van der Waals surface area contributed by atoms with E-state index in [1.807, 2.05) is 30.3 Å². The van der Waals surface area contributed by atoms with Crippen molar-refractivity contribution in [2.75, 3.05) is 22.9 Å². The zero-order chi connectivity index (χ0) is 19.0. The molecule has 0 aromatic heterocycles. The summed E-state index contributed by atoms with van der Waals surface area (Å²) in [6, 6.07) is 15.7. The Bertz CT molecular complexity index is 882. The number of amides is 2. The summed E-state index contributed by atoms with van der Waals surface area (Å²) in [5, 5.41) is 0. The number of nitrogens with two attached hydrogens (primary N) is 1. The molecule has 0 spiro atoms. The van der Waals surface area contributed by atoms with Crippen molar-refractivity contribution in [1.82, 2.24) is 0 Å². The molecule has 2 atom stereocenters. The molecule has 2 aliphatic rings. The minimum Gasteiger partial charge on any atom is -0.477 e. The zero-order valence-corrected chi connectivity index (χ0v) is 15.3. The average molecular weight is 365 g/mol. The fraction of sp³-hybridized carbons (Fsp3) is 0.333. The molecule has 0 saturated carbocycles. The monoisotopic (exact) mass is 365 g/mol. The van der Waals surface area contributed by atoms with Crippen molar-refractivity contribution >= 4 is 23.2 Å². The Kier molecular flexibility index (Phi) is 4.48. The maximum Gasteiger partial charge on any atom is 0.260 e. The first-order valence-corrected chi connectivity index (χ1v) is 9.24. The van der Waals surface area contributed by atoms with Gasteiger partial charge >= 0.3 is 0 Å². The predicted molar refractivity (Wildman–Crippen MR) is 104 cm³/mol. The van der Waals surface area contributed by atoms with Gasteiger partial charge in [-0.1, -0.05) is 30.3 Å². The molecule has 4 rings (SSSR count). The number of ether oxygens (including phenoxy) is 1. The molecular weight excluding hydrogens is 342 g/mol. The van der Waals surface area contributed by atoms with E-state index in [2.05, 4.69) is 24.0 Å². The van der Waals surface area contributed by atoms with Crippen molar-refractivity contribution in [1.29, 1.82) is 0 Å². The summed E-state index contributed by atoms with van der Waals surface area (Å²) in [4.78, 5) is 28.7. The molecule has 0 fully saturated rings. The zero-order valence-electron chi connectivity index (χ0n) is 15.3. The lowest BCUT2D eigenvalue weighted by Crippen LogP contribution is -2.53. The van der Waals surface area contributed by atoms with Crippen molar-refractivity contribution in [3.63, 3.8) is 0 Å². The van der Waals surface area contributed by atoms with Crippen LogP contribution in [0.15, 0.2) is 48.5 Å². The number of benzene rings is 2. The van der Waals surface area contributed by atoms with Crippen molar-refractivity contribution < 1.29 is 14.3 Å². The first-order valence-electron chi connectivity index (χ1n) is 9.24. The van der Waals surface area contributed by atoms with Crippen LogP contribution in [0.1, 0.15) is 18.9 Å². The number of primary amides is 1. The Balaban J connectivity index is 1.62. The lowest BCUT2D eigenvalue weighted by Gasteiger charge is -2.39. The Labute approximate surface area is 158 Å². The summed E-state index contributed by atoms with van der Waals surface area (Å²) in [6.07, 6.45) is 1.19. The molecule has 2 heterocycles. The number of hydrogen-bond donors (Lipinski definition) is 1. The maximum absolute atomic E-state index is 13.2. The van der Waals surface area contributed by atoms with E-state index < -0.39 is 12.0 Å². The lowest BCUT2D eigenvalue weighted by atomic mass is 9.96. The molecular formula is C21H23N3O3. The summed E-state index contributed by atoms with van der Waals surface area (Å²) in [5.41, 5.74) is 8.50. The highest BCUT2D eigenvalue weighted by Gasteiger charge is 2.34. The highest BCUT2D eigenvalue weighted by Crippen LogP contribution is 2.34. The third-order valence-electron chi connectivity index (χ3n) is 5.36. The molecule has 2 aromatic rings. The molecule has 6 heteroatoms. The number of para-hydroxylation sites is 3. The quantitative estimate of drug-likeness (QED) is 0.904. The van der Waals surface area contributed by atoms with Crippen LogP contribution in [0.4, 0.5) is 11.4 Å². The fourth-order valence-corrected chi connectivity index (χ4v) is 3.85. The van der Waals surface area contributed by atoms with Crippen LogP contribution in [0.2, 0.25) is 0 Å². The Morgan fingerprint density at radius 2 is 1.81 bits per heavy atom. The second-order valence-electron chi connectivity index (χ2n) is 7.13. The number of aryl methyl sites for hydroxylation is 1. The van der Waals surface area contributed by atoms with Gasteiger partial charge in [0.1, 0.15) is 5.75 Å². The smallest absolute Gasteiger partial charge is 0.260 e. The van der Waals surface area contributed by atoms with Gasteiger partial charge in [0.25, 0.3) is 5.91 Å². The van der Waals surface area contributed by atoms with E-state index >= 15 is 0 Å². The summed E-state index contributed by atoms with van der Waals surface area (Å²) in [6.45, 7) is 2.52. The molecule has 140 valence electrons. The first-order chi connectivity index (χ1) is 13.0. The van der Waals surface area contributed by atoms with Crippen LogP contribution in [-0.4, -0.2) is 37.0 Å². The number of anilines is 2. The molecule has 2 amide bonds.